The van der Waals surface area contributed by atoms with Crippen LogP contribution in [0.25, 0.3) is 17.5 Å². The largest absolute Gasteiger partial charge is 0.452 e. The van der Waals surface area contributed by atoms with Gasteiger partial charge in [0.25, 0.3) is 5.89 Å². The van der Waals surface area contributed by atoms with Crippen molar-refractivity contribution in [1.29, 1.82) is 0 Å². The van der Waals surface area contributed by atoms with E-state index in [0.29, 0.717) is 21.3 Å². The second-order valence-electron chi connectivity index (χ2n) is 4.59. The topological polar surface area (TPSA) is 78.4 Å². The molecule has 2 heterocycles. The van der Waals surface area contributed by atoms with Crippen LogP contribution in [0.15, 0.2) is 56.0 Å². The minimum absolute atomic E-state index is 0.119. The standard InChI is InChI=1S/C16H10BrClN2O4/c17-13-7-5-12(23-13)6-8-15(21)22-9-14-19-20-16(24-14)10-1-3-11(18)4-2-10/h1-8H,9H2. The summed E-state index contributed by atoms with van der Waals surface area (Å²) in [5.41, 5.74) is 0.729. The average Bonchev–Trinajstić information content (AvgIpc) is 3.21. The van der Waals surface area contributed by atoms with E-state index in [1.54, 1.807) is 36.4 Å². The van der Waals surface area contributed by atoms with Crippen molar-refractivity contribution >= 4 is 39.6 Å². The van der Waals surface area contributed by atoms with Crippen LogP contribution in [0, 0.1) is 0 Å². The molecule has 0 saturated carbocycles. The summed E-state index contributed by atoms with van der Waals surface area (Å²) < 4.78 is 16.3. The molecule has 0 N–H and O–H groups in total. The van der Waals surface area contributed by atoms with Crippen LogP contribution in [0.1, 0.15) is 11.7 Å². The summed E-state index contributed by atoms with van der Waals surface area (Å²) in [7, 11) is 0. The fourth-order valence-electron chi connectivity index (χ4n) is 1.77. The van der Waals surface area contributed by atoms with Crippen LogP contribution >= 0.6 is 27.5 Å². The first-order chi connectivity index (χ1) is 11.6. The predicted octanol–water partition coefficient (Wildman–Crippen LogP) is 4.50. The fraction of sp³-hybridized carbons (Fsp3) is 0.0625. The molecule has 2 aromatic heterocycles. The number of halogens is 2. The van der Waals surface area contributed by atoms with Crippen LogP contribution in [0.4, 0.5) is 0 Å². The Morgan fingerprint density at radius 3 is 2.67 bits per heavy atom. The Balaban J connectivity index is 1.56. The Morgan fingerprint density at radius 1 is 1.17 bits per heavy atom. The first kappa shape index (κ1) is 16.5. The normalized spacial score (nSPS) is 11.1. The van der Waals surface area contributed by atoms with Crippen molar-refractivity contribution in [3.05, 3.63) is 63.8 Å². The van der Waals surface area contributed by atoms with Crippen LogP contribution in [0.3, 0.4) is 0 Å². The molecule has 0 spiro atoms. The highest BCUT2D eigenvalue weighted by molar-refractivity contribution is 9.10. The van der Waals surface area contributed by atoms with E-state index in [2.05, 4.69) is 26.1 Å². The SMILES string of the molecule is O=C(C=Cc1ccc(Br)o1)OCc1nnc(-c2ccc(Cl)cc2)o1. The molecule has 122 valence electrons. The maximum absolute atomic E-state index is 11.6. The van der Waals surface area contributed by atoms with E-state index < -0.39 is 5.97 Å². The van der Waals surface area contributed by atoms with E-state index >= 15 is 0 Å². The lowest BCUT2D eigenvalue weighted by Crippen LogP contribution is -2.00. The number of esters is 1. The lowest BCUT2D eigenvalue weighted by molar-refractivity contribution is -0.139. The van der Waals surface area contributed by atoms with E-state index in [1.807, 2.05) is 0 Å². The summed E-state index contributed by atoms with van der Waals surface area (Å²) in [5, 5.41) is 8.35. The average molecular weight is 410 g/mol. The highest BCUT2D eigenvalue weighted by Gasteiger charge is 2.10. The molecular weight excluding hydrogens is 400 g/mol. The summed E-state index contributed by atoms with van der Waals surface area (Å²) in [6.45, 7) is -0.119. The summed E-state index contributed by atoms with van der Waals surface area (Å²) in [4.78, 5) is 11.6. The second kappa shape index (κ2) is 7.46. The number of ether oxygens (including phenoxy) is 1. The first-order valence-electron chi connectivity index (χ1n) is 6.78. The van der Waals surface area contributed by atoms with Crippen LogP contribution < -0.4 is 0 Å². The molecule has 3 aromatic rings. The zero-order chi connectivity index (χ0) is 16.9. The number of hydrogen-bond acceptors (Lipinski definition) is 6. The second-order valence-corrected chi connectivity index (χ2v) is 5.81. The summed E-state index contributed by atoms with van der Waals surface area (Å²) >= 11 is 9.00. The van der Waals surface area contributed by atoms with Crippen molar-refractivity contribution in [2.45, 2.75) is 6.61 Å². The van der Waals surface area contributed by atoms with Crippen LogP contribution in [0.5, 0.6) is 0 Å². The molecule has 0 aliphatic heterocycles. The number of hydrogen-bond donors (Lipinski definition) is 0. The zero-order valence-corrected chi connectivity index (χ0v) is 14.5. The van der Waals surface area contributed by atoms with Crippen molar-refractivity contribution in [3.8, 4) is 11.5 Å². The van der Waals surface area contributed by atoms with Gasteiger partial charge in [0.1, 0.15) is 5.76 Å². The van der Waals surface area contributed by atoms with E-state index in [1.165, 1.54) is 12.2 Å². The van der Waals surface area contributed by atoms with Crippen molar-refractivity contribution in [3.63, 3.8) is 0 Å². The highest BCUT2D eigenvalue weighted by atomic mass is 79.9. The van der Waals surface area contributed by atoms with E-state index in [4.69, 9.17) is 25.2 Å². The predicted molar refractivity (Wildman–Crippen MR) is 90.0 cm³/mol. The molecule has 0 fully saturated rings. The summed E-state index contributed by atoms with van der Waals surface area (Å²) in [6, 6.07) is 10.4. The lowest BCUT2D eigenvalue weighted by Gasteiger charge is -1.97. The summed E-state index contributed by atoms with van der Waals surface area (Å²) in [6.07, 6.45) is 2.75. The van der Waals surface area contributed by atoms with Gasteiger partial charge in [-0.2, -0.15) is 0 Å². The molecule has 6 nitrogen and oxygen atoms in total. The molecule has 0 bridgehead atoms. The molecule has 0 amide bonds. The van der Waals surface area contributed by atoms with E-state index in [9.17, 15) is 4.79 Å². The third-order valence-electron chi connectivity index (χ3n) is 2.87. The molecule has 0 aliphatic rings. The van der Waals surface area contributed by atoms with Crippen molar-refractivity contribution in [2.75, 3.05) is 0 Å². The maximum atomic E-state index is 11.6. The van der Waals surface area contributed by atoms with Gasteiger partial charge >= 0.3 is 5.97 Å². The number of carbonyl (C=O) groups is 1. The van der Waals surface area contributed by atoms with E-state index in [0.717, 1.165) is 5.56 Å². The Kier molecular flexibility index (Phi) is 5.12. The van der Waals surface area contributed by atoms with Gasteiger partial charge in [-0.25, -0.2) is 4.79 Å². The smallest absolute Gasteiger partial charge is 0.331 e. The Hall–Kier alpha value is -2.38. The van der Waals surface area contributed by atoms with Crippen LogP contribution in [-0.4, -0.2) is 16.2 Å². The molecule has 0 saturated heterocycles. The Bertz CT molecular complexity index is 870. The lowest BCUT2D eigenvalue weighted by atomic mass is 10.2. The summed E-state index contributed by atoms with van der Waals surface area (Å²) in [5.74, 6) is 0.506. The van der Waals surface area contributed by atoms with Gasteiger partial charge in [-0.05, 0) is 58.4 Å². The third-order valence-corrected chi connectivity index (χ3v) is 3.55. The van der Waals surface area contributed by atoms with Gasteiger partial charge < -0.3 is 13.6 Å². The molecule has 8 heteroatoms. The highest BCUT2D eigenvalue weighted by Crippen LogP contribution is 2.20. The molecule has 0 unspecified atom stereocenters. The molecule has 0 atom stereocenters. The minimum Gasteiger partial charge on any atom is -0.452 e. The number of nitrogens with zero attached hydrogens (tertiary/aromatic N) is 2. The quantitative estimate of drug-likeness (QED) is 0.456. The number of aromatic nitrogens is 2. The van der Waals surface area contributed by atoms with Gasteiger partial charge in [-0.15, -0.1) is 10.2 Å². The Morgan fingerprint density at radius 2 is 1.96 bits per heavy atom. The third kappa shape index (κ3) is 4.33. The van der Waals surface area contributed by atoms with E-state index in [-0.39, 0.29) is 12.5 Å². The maximum Gasteiger partial charge on any atom is 0.331 e. The first-order valence-corrected chi connectivity index (χ1v) is 7.96. The monoisotopic (exact) mass is 408 g/mol. The zero-order valence-electron chi connectivity index (χ0n) is 12.1. The number of carbonyl (C=O) groups excluding carboxylic acids is 1. The number of benzene rings is 1. The Labute approximate surface area is 150 Å². The molecule has 24 heavy (non-hydrogen) atoms. The fourth-order valence-corrected chi connectivity index (χ4v) is 2.22. The minimum atomic E-state index is -0.547. The molecule has 0 aliphatic carbocycles. The molecule has 3 rings (SSSR count). The van der Waals surface area contributed by atoms with Crippen LogP contribution in [-0.2, 0) is 16.1 Å². The van der Waals surface area contributed by atoms with Crippen molar-refractivity contribution in [1.82, 2.24) is 10.2 Å². The van der Waals surface area contributed by atoms with Crippen LogP contribution in [0.2, 0.25) is 5.02 Å². The number of furan rings is 1. The van der Waals surface area contributed by atoms with Gasteiger partial charge in [-0.1, -0.05) is 11.6 Å². The van der Waals surface area contributed by atoms with Gasteiger partial charge in [-0.3, -0.25) is 0 Å². The van der Waals surface area contributed by atoms with Gasteiger partial charge in [0.05, 0.1) is 0 Å². The number of rotatable bonds is 5. The van der Waals surface area contributed by atoms with Crippen molar-refractivity contribution in [2.24, 2.45) is 0 Å². The molecular formula is C16H10BrClN2O4. The van der Waals surface area contributed by atoms with Gasteiger partial charge in [0.15, 0.2) is 11.3 Å². The van der Waals surface area contributed by atoms with Crippen molar-refractivity contribution < 1.29 is 18.4 Å². The van der Waals surface area contributed by atoms with Gasteiger partial charge in [0, 0.05) is 16.7 Å². The molecule has 1 aromatic carbocycles. The van der Waals surface area contributed by atoms with Gasteiger partial charge in [0.2, 0.25) is 5.89 Å². The molecule has 0 radical (unpaired) electrons.